The third kappa shape index (κ3) is 3.98. The van der Waals surface area contributed by atoms with Crippen molar-refractivity contribution < 1.29 is 9.53 Å². The number of methoxy groups -OCH3 is 1. The molecule has 0 aliphatic rings. The molecule has 1 atom stereocenters. The van der Waals surface area contributed by atoms with Crippen LogP contribution in [0.25, 0.3) is 0 Å². The van der Waals surface area contributed by atoms with Crippen LogP contribution >= 0.6 is 11.3 Å². The largest absolute Gasteiger partial charge is 0.496 e. The lowest BCUT2D eigenvalue weighted by Gasteiger charge is -2.21. The van der Waals surface area contributed by atoms with E-state index in [2.05, 4.69) is 17.2 Å². The molecule has 118 valence electrons. The number of aryl methyl sites for hydroxylation is 1. The summed E-state index contributed by atoms with van der Waals surface area (Å²) in [5.41, 5.74) is 1.75. The van der Waals surface area contributed by atoms with Gasteiger partial charge in [0.15, 0.2) is 0 Å². The number of likely N-dealkylation sites (N-methyl/N-ethyl adjacent to an activating group) is 1. The van der Waals surface area contributed by atoms with Crippen molar-refractivity contribution in [3.05, 3.63) is 40.3 Å². The number of benzene rings is 1. The SMILES string of the molecule is COc1ccc(NC(=O)N(C)C[C@H](C)c2nccs2)cc1C. The first-order chi connectivity index (χ1) is 10.5. The minimum absolute atomic E-state index is 0.132. The summed E-state index contributed by atoms with van der Waals surface area (Å²) in [6, 6.07) is 5.45. The van der Waals surface area contributed by atoms with Gasteiger partial charge in [0.05, 0.1) is 12.1 Å². The molecule has 0 fully saturated rings. The molecule has 2 rings (SSSR count). The number of urea groups is 1. The number of aromatic nitrogens is 1. The molecular weight excluding hydrogens is 298 g/mol. The van der Waals surface area contributed by atoms with Crippen LogP contribution in [0.4, 0.5) is 10.5 Å². The van der Waals surface area contributed by atoms with Gasteiger partial charge in [-0.25, -0.2) is 9.78 Å². The molecule has 22 heavy (non-hydrogen) atoms. The lowest BCUT2D eigenvalue weighted by molar-refractivity contribution is 0.220. The molecular formula is C16H21N3O2S. The fourth-order valence-electron chi connectivity index (χ4n) is 2.22. The van der Waals surface area contributed by atoms with Crippen LogP contribution < -0.4 is 10.1 Å². The number of carbonyl (C=O) groups is 1. The van der Waals surface area contributed by atoms with Crippen LogP contribution in [0.1, 0.15) is 23.4 Å². The average Bonchev–Trinajstić information content (AvgIpc) is 3.01. The number of nitrogens with zero attached hydrogens (tertiary/aromatic N) is 2. The molecule has 1 aromatic carbocycles. The fourth-order valence-corrected chi connectivity index (χ4v) is 2.91. The molecule has 0 radical (unpaired) electrons. The third-order valence-corrected chi connectivity index (χ3v) is 4.42. The monoisotopic (exact) mass is 319 g/mol. The Hall–Kier alpha value is -2.08. The summed E-state index contributed by atoms with van der Waals surface area (Å²) < 4.78 is 5.22. The van der Waals surface area contributed by atoms with E-state index in [4.69, 9.17) is 4.74 Å². The van der Waals surface area contributed by atoms with Gasteiger partial charge < -0.3 is 15.0 Å². The first-order valence-corrected chi connectivity index (χ1v) is 7.95. The van der Waals surface area contributed by atoms with Gasteiger partial charge in [0.25, 0.3) is 0 Å². The second-order valence-corrected chi connectivity index (χ2v) is 6.19. The summed E-state index contributed by atoms with van der Waals surface area (Å²) in [6.07, 6.45) is 1.79. The molecule has 0 aliphatic heterocycles. The molecule has 0 bridgehead atoms. The molecule has 1 N–H and O–H groups in total. The Morgan fingerprint density at radius 1 is 1.50 bits per heavy atom. The van der Waals surface area contributed by atoms with Crippen LogP contribution in [0.3, 0.4) is 0 Å². The lowest BCUT2D eigenvalue weighted by Crippen LogP contribution is -2.34. The molecule has 0 spiro atoms. The van der Waals surface area contributed by atoms with E-state index in [1.165, 1.54) is 0 Å². The smallest absolute Gasteiger partial charge is 0.321 e. The maximum absolute atomic E-state index is 12.2. The van der Waals surface area contributed by atoms with Gasteiger partial charge in [0.2, 0.25) is 0 Å². The van der Waals surface area contributed by atoms with E-state index in [9.17, 15) is 4.79 Å². The van der Waals surface area contributed by atoms with Gasteiger partial charge in [-0.15, -0.1) is 11.3 Å². The minimum Gasteiger partial charge on any atom is -0.496 e. The number of carbonyl (C=O) groups excluding carboxylic acids is 1. The zero-order valence-electron chi connectivity index (χ0n) is 13.3. The molecule has 6 heteroatoms. The Labute approximate surface area is 134 Å². The van der Waals surface area contributed by atoms with Crippen molar-refractivity contribution in [2.24, 2.45) is 0 Å². The van der Waals surface area contributed by atoms with E-state index >= 15 is 0 Å². The topological polar surface area (TPSA) is 54.5 Å². The lowest BCUT2D eigenvalue weighted by atomic mass is 10.2. The maximum atomic E-state index is 12.2. The molecule has 2 amide bonds. The van der Waals surface area contributed by atoms with Crippen molar-refractivity contribution >= 4 is 23.1 Å². The van der Waals surface area contributed by atoms with Crippen LogP contribution in [-0.2, 0) is 0 Å². The van der Waals surface area contributed by atoms with Crippen molar-refractivity contribution in [2.45, 2.75) is 19.8 Å². The molecule has 0 saturated carbocycles. The van der Waals surface area contributed by atoms with Gasteiger partial charge in [-0.3, -0.25) is 0 Å². The summed E-state index contributed by atoms with van der Waals surface area (Å²) in [5, 5.41) is 5.89. The zero-order valence-corrected chi connectivity index (χ0v) is 14.1. The number of hydrogen-bond acceptors (Lipinski definition) is 4. The number of rotatable bonds is 5. The highest BCUT2D eigenvalue weighted by Crippen LogP contribution is 2.22. The van der Waals surface area contributed by atoms with Crippen LogP contribution in [0.5, 0.6) is 5.75 Å². The summed E-state index contributed by atoms with van der Waals surface area (Å²) in [5.74, 6) is 1.03. The van der Waals surface area contributed by atoms with E-state index < -0.39 is 0 Å². The van der Waals surface area contributed by atoms with Gasteiger partial charge in [-0.2, -0.15) is 0 Å². The molecule has 1 heterocycles. The quantitative estimate of drug-likeness (QED) is 0.913. The summed E-state index contributed by atoms with van der Waals surface area (Å²) in [6.45, 7) is 4.64. The first-order valence-electron chi connectivity index (χ1n) is 7.07. The van der Waals surface area contributed by atoms with Gasteiger partial charge in [-0.1, -0.05) is 6.92 Å². The van der Waals surface area contributed by atoms with Crippen LogP contribution in [0.15, 0.2) is 29.8 Å². The number of thiazole rings is 1. The van der Waals surface area contributed by atoms with Crippen molar-refractivity contribution in [1.29, 1.82) is 0 Å². The molecule has 2 aromatic rings. The Morgan fingerprint density at radius 2 is 2.27 bits per heavy atom. The maximum Gasteiger partial charge on any atom is 0.321 e. The number of anilines is 1. The predicted molar refractivity (Wildman–Crippen MR) is 89.9 cm³/mol. The highest BCUT2D eigenvalue weighted by molar-refractivity contribution is 7.09. The second-order valence-electron chi connectivity index (χ2n) is 5.27. The van der Waals surface area contributed by atoms with Crippen molar-refractivity contribution in [2.75, 3.05) is 26.0 Å². The third-order valence-electron chi connectivity index (χ3n) is 3.41. The van der Waals surface area contributed by atoms with Crippen molar-refractivity contribution in [1.82, 2.24) is 9.88 Å². The predicted octanol–water partition coefficient (Wildman–Crippen LogP) is 3.73. The van der Waals surface area contributed by atoms with E-state index in [0.717, 1.165) is 22.0 Å². The number of hydrogen-bond donors (Lipinski definition) is 1. The van der Waals surface area contributed by atoms with Gasteiger partial charge in [0.1, 0.15) is 5.75 Å². The Balaban J connectivity index is 1.95. The Morgan fingerprint density at radius 3 is 2.86 bits per heavy atom. The van der Waals surface area contributed by atoms with Crippen LogP contribution in [-0.4, -0.2) is 36.6 Å². The van der Waals surface area contributed by atoms with Gasteiger partial charge in [0, 0.05) is 36.8 Å². The van der Waals surface area contributed by atoms with E-state index in [1.807, 2.05) is 30.5 Å². The van der Waals surface area contributed by atoms with Crippen molar-refractivity contribution in [3.8, 4) is 5.75 Å². The normalized spacial score (nSPS) is 11.8. The molecule has 0 aliphatic carbocycles. The summed E-state index contributed by atoms with van der Waals surface area (Å²) in [4.78, 5) is 18.2. The fraction of sp³-hybridized carbons (Fsp3) is 0.375. The highest BCUT2D eigenvalue weighted by Gasteiger charge is 2.15. The van der Waals surface area contributed by atoms with E-state index in [0.29, 0.717) is 6.54 Å². The van der Waals surface area contributed by atoms with Crippen LogP contribution in [0.2, 0.25) is 0 Å². The number of nitrogens with one attached hydrogen (secondary N) is 1. The van der Waals surface area contributed by atoms with Gasteiger partial charge >= 0.3 is 6.03 Å². The number of ether oxygens (including phenoxy) is 1. The van der Waals surface area contributed by atoms with Gasteiger partial charge in [-0.05, 0) is 30.7 Å². The summed E-state index contributed by atoms with van der Waals surface area (Å²) >= 11 is 1.61. The summed E-state index contributed by atoms with van der Waals surface area (Å²) in [7, 11) is 3.42. The first kappa shape index (κ1) is 16.3. The van der Waals surface area contributed by atoms with Crippen molar-refractivity contribution in [3.63, 3.8) is 0 Å². The second kappa shape index (κ2) is 7.26. The number of amides is 2. The molecule has 5 nitrogen and oxygen atoms in total. The minimum atomic E-state index is -0.132. The Kier molecular flexibility index (Phi) is 5.38. The standard InChI is InChI=1S/C16H21N3O2S/c1-11-9-13(5-6-14(11)21-4)18-16(20)19(3)10-12(2)15-17-7-8-22-15/h5-9,12H,10H2,1-4H3,(H,18,20)/t12-/m0/s1. The van der Waals surface area contributed by atoms with Crippen LogP contribution in [0, 0.1) is 6.92 Å². The molecule has 0 saturated heterocycles. The average molecular weight is 319 g/mol. The zero-order chi connectivity index (χ0) is 16.1. The molecule has 0 unspecified atom stereocenters. The molecule has 1 aromatic heterocycles. The van der Waals surface area contributed by atoms with E-state index in [1.54, 1.807) is 36.6 Å². The Bertz CT molecular complexity index is 628. The van der Waals surface area contributed by atoms with E-state index in [-0.39, 0.29) is 11.9 Å². The highest BCUT2D eigenvalue weighted by atomic mass is 32.1.